The highest BCUT2D eigenvalue weighted by Crippen LogP contribution is 2.05. The molecule has 0 saturated carbocycles. The third kappa shape index (κ3) is 3.23. The van der Waals surface area contributed by atoms with Crippen molar-refractivity contribution in [3.8, 4) is 0 Å². The lowest BCUT2D eigenvalue weighted by molar-refractivity contribution is -0.141. The molecular weight excluding hydrogens is 210 g/mol. The number of esters is 1. The van der Waals surface area contributed by atoms with Gasteiger partial charge in [0.05, 0.1) is 12.2 Å². The Morgan fingerprint density at radius 3 is 2.94 bits per heavy atom. The van der Waals surface area contributed by atoms with Crippen LogP contribution in [0.2, 0.25) is 0 Å². The van der Waals surface area contributed by atoms with Gasteiger partial charge in [0.15, 0.2) is 0 Å². The SMILES string of the molecule is CCOC(=O)CNC(=O)c1cccnc1N. The van der Waals surface area contributed by atoms with Gasteiger partial charge in [-0.2, -0.15) is 0 Å². The van der Waals surface area contributed by atoms with Gasteiger partial charge >= 0.3 is 5.97 Å². The number of amides is 1. The number of aromatic nitrogens is 1. The molecule has 0 aliphatic rings. The molecule has 0 aliphatic heterocycles. The molecule has 3 N–H and O–H groups in total. The van der Waals surface area contributed by atoms with Crippen LogP contribution in [0.1, 0.15) is 17.3 Å². The van der Waals surface area contributed by atoms with Gasteiger partial charge in [-0.05, 0) is 19.1 Å². The fraction of sp³-hybridized carbons (Fsp3) is 0.300. The van der Waals surface area contributed by atoms with Crippen LogP contribution in [0.5, 0.6) is 0 Å². The summed E-state index contributed by atoms with van der Waals surface area (Å²) < 4.78 is 4.66. The van der Waals surface area contributed by atoms with Crippen LogP contribution in [0.15, 0.2) is 18.3 Å². The zero-order valence-corrected chi connectivity index (χ0v) is 8.90. The summed E-state index contributed by atoms with van der Waals surface area (Å²) in [6, 6.07) is 3.12. The number of ether oxygens (including phenoxy) is 1. The first-order valence-electron chi connectivity index (χ1n) is 4.79. The minimum atomic E-state index is -0.488. The highest BCUT2D eigenvalue weighted by Gasteiger charge is 2.11. The summed E-state index contributed by atoms with van der Waals surface area (Å²) in [5.74, 6) is -0.805. The molecule has 6 nitrogen and oxygen atoms in total. The molecule has 6 heteroatoms. The van der Waals surface area contributed by atoms with Gasteiger partial charge in [-0.3, -0.25) is 9.59 Å². The third-order valence-corrected chi connectivity index (χ3v) is 1.78. The van der Waals surface area contributed by atoms with Gasteiger partial charge < -0.3 is 15.8 Å². The molecule has 0 radical (unpaired) electrons. The highest BCUT2D eigenvalue weighted by atomic mass is 16.5. The number of rotatable bonds is 4. The Hall–Kier alpha value is -2.11. The topological polar surface area (TPSA) is 94.3 Å². The lowest BCUT2D eigenvalue weighted by atomic mass is 10.2. The van der Waals surface area contributed by atoms with E-state index < -0.39 is 11.9 Å². The van der Waals surface area contributed by atoms with Gasteiger partial charge in [0.2, 0.25) is 0 Å². The number of hydrogen-bond acceptors (Lipinski definition) is 5. The summed E-state index contributed by atoms with van der Waals surface area (Å²) in [6.07, 6.45) is 1.48. The van der Waals surface area contributed by atoms with E-state index >= 15 is 0 Å². The number of hydrogen-bond donors (Lipinski definition) is 2. The van der Waals surface area contributed by atoms with Crippen LogP contribution < -0.4 is 11.1 Å². The molecule has 0 aromatic carbocycles. The Kier molecular flexibility index (Phi) is 4.26. The Bertz CT molecular complexity index is 393. The lowest BCUT2D eigenvalue weighted by Crippen LogP contribution is -2.31. The van der Waals surface area contributed by atoms with Crippen LogP contribution in [0, 0.1) is 0 Å². The minimum Gasteiger partial charge on any atom is -0.465 e. The monoisotopic (exact) mass is 223 g/mol. The third-order valence-electron chi connectivity index (χ3n) is 1.78. The van der Waals surface area contributed by atoms with Crippen molar-refractivity contribution in [3.05, 3.63) is 23.9 Å². The van der Waals surface area contributed by atoms with Crippen LogP contribution in [0.3, 0.4) is 0 Å². The molecule has 0 saturated heterocycles. The molecular formula is C10H13N3O3. The summed E-state index contributed by atoms with van der Waals surface area (Å²) >= 11 is 0. The number of nitrogen functional groups attached to an aromatic ring is 1. The van der Waals surface area contributed by atoms with Crippen molar-refractivity contribution < 1.29 is 14.3 Å². The van der Waals surface area contributed by atoms with Crippen molar-refractivity contribution >= 4 is 17.7 Å². The van der Waals surface area contributed by atoms with E-state index in [4.69, 9.17) is 5.73 Å². The predicted octanol–water partition coefficient (Wildman–Crippen LogP) is -0.0433. The first-order valence-corrected chi connectivity index (χ1v) is 4.79. The Labute approximate surface area is 92.8 Å². The molecule has 0 atom stereocenters. The van der Waals surface area contributed by atoms with E-state index in [1.54, 1.807) is 13.0 Å². The molecule has 0 fully saturated rings. The highest BCUT2D eigenvalue weighted by molar-refractivity contribution is 5.99. The van der Waals surface area contributed by atoms with E-state index in [0.29, 0.717) is 0 Å². The number of pyridine rings is 1. The van der Waals surface area contributed by atoms with Gasteiger partial charge in [0.25, 0.3) is 5.91 Å². The molecule has 0 spiro atoms. The van der Waals surface area contributed by atoms with Crippen LogP contribution in [0.4, 0.5) is 5.82 Å². The van der Waals surface area contributed by atoms with E-state index in [1.807, 2.05) is 0 Å². The number of nitrogens with two attached hydrogens (primary N) is 1. The Balaban J connectivity index is 2.54. The summed E-state index contributed by atoms with van der Waals surface area (Å²) in [4.78, 5) is 26.3. The number of nitrogens with one attached hydrogen (secondary N) is 1. The number of anilines is 1. The first kappa shape index (κ1) is 12.0. The molecule has 1 amide bonds. The van der Waals surface area contributed by atoms with Gasteiger partial charge in [0, 0.05) is 6.20 Å². The fourth-order valence-corrected chi connectivity index (χ4v) is 1.07. The van der Waals surface area contributed by atoms with Crippen molar-refractivity contribution in [1.82, 2.24) is 10.3 Å². The van der Waals surface area contributed by atoms with Crippen LogP contribution in [0.25, 0.3) is 0 Å². The zero-order chi connectivity index (χ0) is 12.0. The maximum Gasteiger partial charge on any atom is 0.325 e. The predicted molar refractivity (Wildman–Crippen MR) is 57.6 cm³/mol. The Morgan fingerprint density at radius 2 is 2.31 bits per heavy atom. The average Bonchev–Trinajstić information content (AvgIpc) is 2.27. The molecule has 1 aromatic heterocycles. The average molecular weight is 223 g/mol. The summed E-state index contributed by atoms with van der Waals surface area (Å²) in [5.41, 5.74) is 5.74. The van der Waals surface area contributed by atoms with Crippen molar-refractivity contribution in [2.75, 3.05) is 18.9 Å². The molecule has 1 rings (SSSR count). The molecule has 0 unspecified atom stereocenters. The van der Waals surface area contributed by atoms with E-state index in [-0.39, 0.29) is 24.5 Å². The van der Waals surface area contributed by atoms with Gasteiger partial charge in [0.1, 0.15) is 12.4 Å². The molecule has 1 heterocycles. The lowest BCUT2D eigenvalue weighted by Gasteiger charge is -2.05. The van der Waals surface area contributed by atoms with Gasteiger partial charge in [-0.25, -0.2) is 4.98 Å². The van der Waals surface area contributed by atoms with E-state index in [0.717, 1.165) is 0 Å². The van der Waals surface area contributed by atoms with Gasteiger partial charge in [-0.15, -0.1) is 0 Å². The Morgan fingerprint density at radius 1 is 1.56 bits per heavy atom. The molecule has 16 heavy (non-hydrogen) atoms. The number of carbonyl (C=O) groups excluding carboxylic acids is 2. The normalized spacial score (nSPS) is 9.56. The standard InChI is InChI=1S/C10H13N3O3/c1-2-16-8(14)6-13-10(15)7-4-3-5-12-9(7)11/h3-5H,2,6H2,1H3,(H2,11,12)(H,13,15). The second-order valence-electron chi connectivity index (χ2n) is 2.92. The van der Waals surface area contributed by atoms with Crippen LogP contribution in [-0.2, 0) is 9.53 Å². The maximum atomic E-state index is 11.5. The van der Waals surface area contributed by atoms with Crippen molar-refractivity contribution in [1.29, 1.82) is 0 Å². The summed E-state index contributed by atoms with van der Waals surface area (Å²) in [6.45, 7) is 1.80. The van der Waals surface area contributed by atoms with E-state index in [9.17, 15) is 9.59 Å². The molecule has 0 aliphatic carbocycles. The van der Waals surface area contributed by atoms with Gasteiger partial charge in [-0.1, -0.05) is 0 Å². The first-order chi connectivity index (χ1) is 7.65. The fourth-order valence-electron chi connectivity index (χ4n) is 1.07. The van der Waals surface area contributed by atoms with Crippen LogP contribution >= 0.6 is 0 Å². The quantitative estimate of drug-likeness (QED) is 0.698. The second kappa shape index (κ2) is 5.69. The molecule has 1 aromatic rings. The van der Waals surface area contributed by atoms with Crippen molar-refractivity contribution in [2.45, 2.75) is 6.92 Å². The maximum absolute atomic E-state index is 11.5. The van der Waals surface area contributed by atoms with E-state index in [1.165, 1.54) is 12.3 Å². The molecule has 0 bridgehead atoms. The molecule has 86 valence electrons. The number of carbonyl (C=O) groups is 2. The summed E-state index contributed by atoms with van der Waals surface area (Å²) in [7, 11) is 0. The minimum absolute atomic E-state index is 0.129. The zero-order valence-electron chi connectivity index (χ0n) is 8.90. The van der Waals surface area contributed by atoms with Crippen molar-refractivity contribution in [3.63, 3.8) is 0 Å². The van der Waals surface area contributed by atoms with E-state index in [2.05, 4.69) is 15.0 Å². The van der Waals surface area contributed by atoms with Crippen molar-refractivity contribution in [2.24, 2.45) is 0 Å². The second-order valence-corrected chi connectivity index (χ2v) is 2.92. The van der Waals surface area contributed by atoms with Crippen LogP contribution in [-0.4, -0.2) is 30.0 Å². The largest absolute Gasteiger partial charge is 0.465 e. The summed E-state index contributed by atoms with van der Waals surface area (Å²) in [5, 5.41) is 2.39. The smallest absolute Gasteiger partial charge is 0.325 e. The number of nitrogens with zero attached hydrogens (tertiary/aromatic N) is 1.